The zero-order valence-electron chi connectivity index (χ0n) is 18.2. The van der Waals surface area contributed by atoms with E-state index in [1.807, 2.05) is 26.8 Å². The van der Waals surface area contributed by atoms with E-state index < -0.39 is 0 Å². The Bertz CT molecular complexity index is 1030. The van der Waals surface area contributed by atoms with Gasteiger partial charge in [-0.05, 0) is 39.0 Å². The average molecular weight is 475 g/mol. The number of benzene rings is 1. The second-order valence-electron chi connectivity index (χ2n) is 9.50. The molecule has 1 aliphatic heterocycles. The van der Waals surface area contributed by atoms with E-state index in [0.29, 0.717) is 16.9 Å². The van der Waals surface area contributed by atoms with E-state index in [1.54, 1.807) is 22.9 Å². The predicted octanol–water partition coefficient (Wildman–Crippen LogP) is 4.32. The number of aromatic nitrogens is 2. The molecule has 0 spiro atoms. The fraction of sp³-hybridized carbons (Fsp3) is 0.455. The molecule has 1 aromatic carbocycles. The smallest absolute Gasteiger partial charge is 0.261 e. The van der Waals surface area contributed by atoms with Crippen LogP contribution in [0.2, 0.25) is 0 Å². The molecule has 0 aliphatic carbocycles. The van der Waals surface area contributed by atoms with Gasteiger partial charge in [-0.25, -0.2) is 4.68 Å². The molecule has 3 rings (SSSR count). The maximum absolute atomic E-state index is 12.6. The van der Waals surface area contributed by atoms with Crippen molar-refractivity contribution in [2.24, 2.45) is 0 Å². The first kappa shape index (κ1) is 22.2. The van der Waals surface area contributed by atoms with Gasteiger partial charge in [0.15, 0.2) is 0 Å². The van der Waals surface area contributed by atoms with E-state index in [-0.39, 0.29) is 41.6 Å². The number of hydrogen-bond donors (Lipinski definition) is 1. The van der Waals surface area contributed by atoms with Gasteiger partial charge in [-0.3, -0.25) is 19.3 Å². The number of halogens is 1. The Morgan fingerprint density at radius 2 is 1.67 bits per heavy atom. The number of carbonyl (C=O) groups excluding carboxylic acids is 3. The molecule has 1 aliphatic rings. The van der Waals surface area contributed by atoms with Crippen LogP contribution >= 0.6 is 15.9 Å². The lowest BCUT2D eigenvalue weighted by molar-refractivity contribution is -0.116. The summed E-state index contributed by atoms with van der Waals surface area (Å²) in [5, 5.41) is 7.58. The normalized spacial score (nSPS) is 14.3. The van der Waals surface area contributed by atoms with E-state index in [1.165, 1.54) is 0 Å². The summed E-state index contributed by atoms with van der Waals surface area (Å²) in [6.45, 7) is 12.3. The fourth-order valence-corrected chi connectivity index (χ4v) is 3.59. The van der Waals surface area contributed by atoms with E-state index in [4.69, 9.17) is 0 Å². The summed E-state index contributed by atoms with van der Waals surface area (Å²) in [7, 11) is 0. The Morgan fingerprint density at radius 3 is 2.27 bits per heavy atom. The first-order valence-electron chi connectivity index (χ1n) is 9.85. The van der Waals surface area contributed by atoms with Crippen molar-refractivity contribution in [2.75, 3.05) is 11.9 Å². The second kappa shape index (κ2) is 7.65. The van der Waals surface area contributed by atoms with Crippen LogP contribution in [0, 0.1) is 0 Å². The quantitative estimate of drug-likeness (QED) is 0.668. The third kappa shape index (κ3) is 4.33. The number of anilines is 1. The molecule has 30 heavy (non-hydrogen) atoms. The number of amides is 3. The fourth-order valence-electron chi connectivity index (χ4n) is 3.23. The van der Waals surface area contributed by atoms with Crippen molar-refractivity contribution < 1.29 is 14.4 Å². The molecule has 7 nitrogen and oxygen atoms in total. The Labute approximate surface area is 184 Å². The summed E-state index contributed by atoms with van der Waals surface area (Å²) in [6.07, 6.45) is 0.00676. The van der Waals surface area contributed by atoms with Gasteiger partial charge in [-0.2, -0.15) is 5.10 Å². The largest absolute Gasteiger partial charge is 0.311 e. The molecular formula is C22H27BrN4O3. The molecular weight excluding hydrogens is 448 g/mol. The summed E-state index contributed by atoms with van der Waals surface area (Å²) in [5.74, 6) is -0.425. The molecule has 0 unspecified atom stereocenters. The Balaban J connectivity index is 1.72. The highest BCUT2D eigenvalue weighted by atomic mass is 79.9. The number of rotatable bonds is 4. The lowest BCUT2D eigenvalue weighted by Gasteiger charge is -2.23. The van der Waals surface area contributed by atoms with Crippen molar-refractivity contribution in [1.82, 2.24) is 14.7 Å². The van der Waals surface area contributed by atoms with E-state index in [0.717, 1.165) is 15.1 Å². The summed E-state index contributed by atoms with van der Waals surface area (Å²) >= 11 is 3.32. The average Bonchev–Trinajstić information content (AvgIpc) is 3.14. The first-order valence-corrected chi connectivity index (χ1v) is 10.6. The molecule has 0 atom stereocenters. The summed E-state index contributed by atoms with van der Waals surface area (Å²) in [4.78, 5) is 38.9. The van der Waals surface area contributed by atoms with Crippen molar-refractivity contribution >= 4 is 39.5 Å². The number of hydrogen-bond acceptors (Lipinski definition) is 4. The molecule has 1 N–H and O–H groups in total. The Hall–Kier alpha value is -2.48. The molecule has 0 fully saturated rings. The van der Waals surface area contributed by atoms with Crippen molar-refractivity contribution in [1.29, 1.82) is 0 Å². The first-order chi connectivity index (χ1) is 13.8. The lowest BCUT2D eigenvalue weighted by Crippen LogP contribution is -2.33. The summed E-state index contributed by atoms with van der Waals surface area (Å²) in [5.41, 5.74) is 1.12. The highest BCUT2D eigenvalue weighted by Crippen LogP contribution is 2.29. The number of nitrogens with one attached hydrogen (secondary N) is 1. The summed E-state index contributed by atoms with van der Waals surface area (Å²) in [6, 6.07) is 6.85. The standard InChI is InChI=1S/C22H27BrN4O3/c1-21(2,3)16-12-17(27(25-16)22(4,5)6)24-18(28)9-10-26-19(29)14-8-7-13(23)11-15(14)20(26)30/h7-8,11-12H,9-10H2,1-6H3,(H,24,28). The minimum Gasteiger partial charge on any atom is -0.311 e. The zero-order valence-corrected chi connectivity index (χ0v) is 19.8. The minimum atomic E-state index is -0.376. The highest BCUT2D eigenvalue weighted by Gasteiger charge is 2.35. The molecule has 3 amide bonds. The molecule has 0 radical (unpaired) electrons. The van der Waals surface area contributed by atoms with Gasteiger partial charge in [0.25, 0.3) is 11.8 Å². The topological polar surface area (TPSA) is 84.3 Å². The molecule has 2 heterocycles. The van der Waals surface area contributed by atoms with Gasteiger partial charge in [-0.1, -0.05) is 36.7 Å². The van der Waals surface area contributed by atoms with Crippen molar-refractivity contribution in [3.8, 4) is 0 Å². The monoisotopic (exact) mass is 474 g/mol. The molecule has 0 saturated carbocycles. The van der Waals surface area contributed by atoms with Gasteiger partial charge < -0.3 is 5.32 Å². The van der Waals surface area contributed by atoms with Crippen molar-refractivity contribution in [3.63, 3.8) is 0 Å². The van der Waals surface area contributed by atoms with Gasteiger partial charge >= 0.3 is 0 Å². The summed E-state index contributed by atoms with van der Waals surface area (Å²) < 4.78 is 2.53. The third-order valence-corrected chi connectivity index (χ3v) is 5.37. The van der Waals surface area contributed by atoms with Crippen LogP contribution in [0.25, 0.3) is 0 Å². The van der Waals surface area contributed by atoms with Gasteiger partial charge in [0.1, 0.15) is 5.82 Å². The van der Waals surface area contributed by atoms with Crippen LogP contribution in [0.3, 0.4) is 0 Å². The van der Waals surface area contributed by atoms with E-state index in [9.17, 15) is 14.4 Å². The number of imide groups is 1. The number of fused-ring (bicyclic) bond motifs is 1. The maximum Gasteiger partial charge on any atom is 0.261 e. The zero-order chi connectivity index (χ0) is 22.4. The molecule has 0 bridgehead atoms. The van der Waals surface area contributed by atoms with Crippen LogP contribution in [0.15, 0.2) is 28.7 Å². The third-order valence-electron chi connectivity index (χ3n) is 4.88. The van der Waals surface area contributed by atoms with Crippen LogP contribution in [0.5, 0.6) is 0 Å². The highest BCUT2D eigenvalue weighted by molar-refractivity contribution is 9.10. The molecule has 1 aromatic heterocycles. The SMILES string of the molecule is CC(C)(C)c1cc(NC(=O)CCN2C(=O)c3ccc(Br)cc3C2=O)n(C(C)(C)C)n1. The van der Waals surface area contributed by atoms with E-state index in [2.05, 4.69) is 47.1 Å². The van der Waals surface area contributed by atoms with Crippen LogP contribution in [0.4, 0.5) is 5.82 Å². The van der Waals surface area contributed by atoms with Crippen LogP contribution in [-0.4, -0.2) is 38.9 Å². The van der Waals surface area contributed by atoms with Gasteiger partial charge in [0, 0.05) is 28.9 Å². The Kier molecular flexibility index (Phi) is 5.66. The number of carbonyl (C=O) groups is 3. The van der Waals surface area contributed by atoms with Crippen molar-refractivity contribution in [2.45, 2.75) is 58.9 Å². The van der Waals surface area contributed by atoms with Gasteiger partial charge in [-0.15, -0.1) is 0 Å². The van der Waals surface area contributed by atoms with Crippen LogP contribution in [0.1, 0.15) is 74.4 Å². The number of nitrogens with zero attached hydrogens (tertiary/aromatic N) is 3. The minimum absolute atomic E-state index is 0.00676. The predicted molar refractivity (Wildman–Crippen MR) is 119 cm³/mol. The second-order valence-corrected chi connectivity index (χ2v) is 10.4. The van der Waals surface area contributed by atoms with Gasteiger partial charge in [0.05, 0.1) is 22.4 Å². The molecule has 0 saturated heterocycles. The van der Waals surface area contributed by atoms with Crippen LogP contribution < -0.4 is 5.32 Å². The Morgan fingerprint density at radius 1 is 1.03 bits per heavy atom. The van der Waals surface area contributed by atoms with E-state index >= 15 is 0 Å². The lowest BCUT2D eigenvalue weighted by atomic mass is 9.92. The molecule has 2 aromatic rings. The van der Waals surface area contributed by atoms with Crippen LogP contribution in [-0.2, 0) is 15.7 Å². The van der Waals surface area contributed by atoms with Crippen molar-refractivity contribution in [3.05, 3.63) is 45.6 Å². The van der Waals surface area contributed by atoms with Gasteiger partial charge in [0.2, 0.25) is 5.91 Å². The maximum atomic E-state index is 12.6. The molecule has 160 valence electrons. The molecule has 8 heteroatoms.